The molecule has 1 unspecified atom stereocenters. The van der Waals surface area contributed by atoms with Crippen LogP contribution in [0.2, 0.25) is 0 Å². The van der Waals surface area contributed by atoms with Crippen molar-refractivity contribution in [3.63, 3.8) is 0 Å². The van der Waals surface area contributed by atoms with E-state index in [-0.39, 0.29) is 11.0 Å². The quantitative estimate of drug-likeness (QED) is 0.791. The highest BCUT2D eigenvalue weighted by Crippen LogP contribution is 2.15. The number of sulfone groups is 1. The highest BCUT2D eigenvalue weighted by molar-refractivity contribution is 7.91. The van der Waals surface area contributed by atoms with Crippen molar-refractivity contribution < 1.29 is 8.42 Å². The summed E-state index contributed by atoms with van der Waals surface area (Å²) in [6.07, 6.45) is 4.75. The normalized spacial score (nSPS) is 13.9. The molecule has 1 N–H and O–H groups in total. The first-order valence-corrected chi connectivity index (χ1v) is 8.59. The number of rotatable bonds is 8. The molecule has 110 valence electrons. The first kappa shape index (κ1) is 16.2. The van der Waals surface area contributed by atoms with Crippen LogP contribution in [-0.4, -0.2) is 35.7 Å². The van der Waals surface area contributed by atoms with Gasteiger partial charge >= 0.3 is 0 Å². The molecule has 0 bridgehead atoms. The van der Waals surface area contributed by atoms with Gasteiger partial charge in [-0.3, -0.25) is 4.68 Å². The van der Waals surface area contributed by atoms with Crippen molar-refractivity contribution >= 4 is 9.84 Å². The Morgan fingerprint density at radius 3 is 2.58 bits per heavy atom. The zero-order valence-electron chi connectivity index (χ0n) is 12.3. The average molecular weight is 287 g/mol. The zero-order chi connectivity index (χ0) is 14.5. The molecule has 19 heavy (non-hydrogen) atoms. The molecule has 1 aromatic heterocycles. The van der Waals surface area contributed by atoms with Crippen LogP contribution in [0, 0.1) is 0 Å². The van der Waals surface area contributed by atoms with Crippen LogP contribution in [0.3, 0.4) is 0 Å². The number of aryl methyl sites for hydroxylation is 1. The standard InChI is InChI=1S/C13H25N3O2S/c1-5-13(14-6-2)12-9-15-16(10-12)7-8-19(17,18)11(3)4/h9-11,13-14H,5-8H2,1-4H3. The fourth-order valence-electron chi connectivity index (χ4n) is 1.88. The molecule has 0 amide bonds. The minimum Gasteiger partial charge on any atom is -0.310 e. The minimum absolute atomic E-state index is 0.143. The number of aromatic nitrogens is 2. The topological polar surface area (TPSA) is 64.0 Å². The second kappa shape index (κ2) is 7.05. The van der Waals surface area contributed by atoms with E-state index in [2.05, 4.69) is 24.3 Å². The molecular weight excluding hydrogens is 262 g/mol. The fourth-order valence-corrected chi connectivity index (χ4v) is 2.80. The Balaban J connectivity index is 2.65. The SMILES string of the molecule is CCNC(CC)c1cnn(CCS(=O)(=O)C(C)C)c1. The second-order valence-electron chi connectivity index (χ2n) is 4.97. The summed E-state index contributed by atoms with van der Waals surface area (Å²) in [6.45, 7) is 8.94. The minimum atomic E-state index is -3.00. The van der Waals surface area contributed by atoms with Gasteiger partial charge in [-0.2, -0.15) is 5.10 Å². The van der Waals surface area contributed by atoms with Gasteiger partial charge in [0.25, 0.3) is 0 Å². The summed E-state index contributed by atoms with van der Waals surface area (Å²) >= 11 is 0. The lowest BCUT2D eigenvalue weighted by Gasteiger charge is -2.13. The molecule has 1 heterocycles. The molecule has 0 spiro atoms. The molecular formula is C13H25N3O2S. The number of nitrogens with zero attached hydrogens (tertiary/aromatic N) is 2. The van der Waals surface area contributed by atoms with Gasteiger partial charge < -0.3 is 5.32 Å². The highest BCUT2D eigenvalue weighted by Gasteiger charge is 2.16. The molecule has 0 aliphatic rings. The van der Waals surface area contributed by atoms with Crippen molar-refractivity contribution in [2.24, 2.45) is 0 Å². The van der Waals surface area contributed by atoms with Gasteiger partial charge in [0.1, 0.15) is 0 Å². The van der Waals surface area contributed by atoms with Crippen LogP contribution in [0.4, 0.5) is 0 Å². The summed E-state index contributed by atoms with van der Waals surface area (Å²) in [7, 11) is -3.00. The highest BCUT2D eigenvalue weighted by atomic mass is 32.2. The van der Waals surface area contributed by atoms with E-state index in [4.69, 9.17) is 0 Å². The van der Waals surface area contributed by atoms with Crippen LogP contribution in [0.5, 0.6) is 0 Å². The molecule has 0 aliphatic carbocycles. The number of nitrogens with one attached hydrogen (secondary N) is 1. The van der Waals surface area contributed by atoms with Gasteiger partial charge in [-0.1, -0.05) is 13.8 Å². The smallest absolute Gasteiger partial charge is 0.154 e. The summed E-state index contributed by atoms with van der Waals surface area (Å²) in [5.41, 5.74) is 1.12. The van der Waals surface area contributed by atoms with Crippen molar-refractivity contribution in [2.75, 3.05) is 12.3 Å². The maximum absolute atomic E-state index is 11.7. The lowest BCUT2D eigenvalue weighted by atomic mass is 10.1. The monoisotopic (exact) mass is 287 g/mol. The predicted molar refractivity (Wildman–Crippen MR) is 77.9 cm³/mol. The summed E-state index contributed by atoms with van der Waals surface area (Å²) < 4.78 is 25.2. The van der Waals surface area contributed by atoms with Gasteiger partial charge in [0, 0.05) is 17.8 Å². The predicted octanol–water partition coefficient (Wildman–Crippen LogP) is 1.77. The van der Waals surface area contributed by atoms with Crippen LogP contribution < -0.4 is 5.32 Å². The molecule has 1 atom stereocenters. The van der Waals surface area contributed by atoms with Crippen LogP contribution in [0.25, 0.3) is 0 Å². The van der Waals surface area contributed by atoms with Crippen molar-refractivity contribution in [1.29, 1.82) is 0 Å². The Hall–Kier alpha value is -0.880. The molecule has 6 heteroatoms. The van der Waals surface area contributed by atoms with Gasteiger partial charge in [-0.15, -0.1) is 0 Å². The van der Waals surface area contributed by atoms with Gasteiger partial charge in [0.2, 0.25) is 0 Å². The van der Waals surface area contributed by atoms with Crippen LogP contribution in [0.1, 0.15) is 45.7 Å². The Morgan fingerprint density at radius 2 is 2.05 bits per heavy atom. The molecule has 0 radical (unpaired) electrons. The van der Waals surface area contributed by atoms with Gasteiger partial charge in [-0.05, 0) is 26.8 Å². The van der Waals surface area contributed by atoms with Gasteiger partial charge in [0.05, 0.1) is 23.7 Å². The largest absolute Gasteiger partial charge is 0.310 e. The van der Waals surface area contributed by atoms with Crippen molar-refractivity contribution in [3.8, 4) is 0 Å². The van der Waals surface area contributed by atoms with Crippen molar-refractivity contribution in [1.82, 2.24) is 15.1 Å². The van der Waals surface area contributed by atoms with E-state index in [1.54, 1.807) is 18.5 Å². The molecule has 5 nitrogen and oxygen atoms in total. The molecule has 0 saturated carbocycles. The van der Waals surface area contributed by atoms with E-state index in [0.29, 0.717) is 12.6 Å². The van der Waals surface area contributed by atoms with Gasteiger partial charge in [0.15, 0.2) is 9.84 Å². The van der Waals surface area contributed by atoms with E-state index in [0.717, 1.165) is 18.5 Å². The average Bonchev–Trinajstić information content (AvgIpc) is 2.82. The van der Waals surface area contributed by atoms with Crippen LogP contribution >= 0.6 is 0 Å². The van der Waals surface area contributed by atoms with E-state index in [1.807, 2.05) is 12.4 Å². The Kier molecular flexibility index (Phi) is 6.00. The summed E-state index contributed by atoms with van der Waals surface area (Å²) in [6, 6.07) is 0.292. The van der Waals surface area contributed by atoms with Gasteiger partial charge in [-0.25, -0.2) is 8.42 Å². The van der Waals surface area contributed by atoms with Crippen LogP contribution in [0.15, 0.2) is 12.4 Å². The van der Waals surface area contributed by atoms with E-state index < -0.39 is 9.84 Å². The summed E-state index contributed by atoms with van der Waals surface area (Å²) in [4.78, 5) is 0. The summed E-state index contributed by atoms with van der Waals surface area (Å²) in [5.74, 6) is 0.143. The maximum atomic E-state index is 11.7. The molecule has 0 aliphatic heterocycles. The Labute approximate surface area is 116 Å². The molecule has 0 fully saturated rings. The Morgan fingerprint density at radius 1 is 1.37 bits per heavy atom. The third-order valence-electron chi connectivity index (χ3n) is 3.24. The van der Waals surface area contributed by atoms with E-state index >= 15 is 0 Å². The maximum Gasteiger partial charge on any atom is 0.154 e. The number of hydrogen-bond donors (Lipinski definition) is 1. The first-order valence-electron chi connectivity index (χ1n) is 6.88. The van der Waals surface area contributed by atoms with Crippen molar-refractivity contribution in [2.45, 2.75) is 52.0 Å². The van der Waals surface area contributed by atoms with E-state index in [1.165, 1.54) is 0 Å². The molecule has 1 rings (SSSR count). The third-order valence-corrected chi connectivity index (χ3v) is 5.43. The fraction of sp³-hybridized carbons (Fsp3) is 0.769. The Bertz CT molecular complexity index is 480. The lowest BCUT2D eigenvalue weighted by molar-refractivity contribution is 0.536. The molecule has 0 saturated heterocycles. The molecule has 0 aromatic carbocycles. The van der Waals surface area contributed by atoms with Crippen LogP contribution in [-0.2, 0) is 16.4 Å². The first-order chi connectivity index (χ1) is 8.90. The zero-order valence-corrected chi connectivity index (χ0v) is 13.1. The van der Waals surface area contributed by atoms with Crippen molar-refractivity contribution in [3.05, 3.63) is 18.0 Å². The third kappa shape index (κ3) is 4.62. The molecule has 1 aromatic rings. The lowest BCUT2D eigenvalue weighted by Crippen LogP contribution is -2.21. The summed E-state index contributed by atoms with van der Waals surface area (Å²) in [5, 5.41) is 7.30. The van der Waals surface area contributed by atoms with E-state index in [9.17, 15) is 8.42 Å². The number of hydrogen-bond acceptors (Lipinski definition) is 4. The second-order valence-corrected chi connectivity index (χ2v) is 7.65.